The summed E-state index contributed by atoms with van der Waals surface area (Å²) in [6, 6.07) is 3.20. The molecule has 1 aromatic rings. The molecule has 1 unspecified atom stereocenters. The summed E-state index contributed by atoms with van der Waals surface area (Å²) in [4.78, 5) is 12.4. The molecule has 0 aromatic carbocycles. The Hall–Kier alpha value is -1.05. The molecule has 3 aliphatic rings. The first-order valence-corrected chi connectivity index (χ1v) is 9.10. The number of nitrogens with zero attached hydrogens (tertiary/aromatic N) is 2. The monoisotopic (exact) mass is 323 g/mol. The lowest BCUT2D eigenvalue weighted by Crippen LogP contribution is -2.47. The van der Waals surface area contributed by atoms with Gasteiger partial charge in [-0.1, -0.05) is 17.1 Å². The molecule has 7 heteroatoms. The second-order valence-electron chi connectivity index (χ2n) is 6.42. The SMILES string of the molecule is CSN1[C@@H]2CC[C@H]1CC(NC(=O)c1cc(C3COC3)on1)C2. The van der Waals surface area contributed by atoms with E-state index in [2.05, 4.69) is 21.0 Å². The molecule has 2 bridgehead atoms. The van der Waals surface area contributed by atoms with Gasteiger partial charge in [-0.15, -0.1) is 0 Å². The van der Waals surface area contributed by atoms with Crippen LogP contribution in [0.1, 0.15) is 47.8 Å². The number of aromatic nitrogens is 1. The van der Waals surface area contributed by atoms with Crippen LogP contribution in [-0.4, -0.2) is 53.0 Å². The van der Waals surface area contributed by atoms with Gasteiger partial charge in [0.25, 0.3) is 5.91 Å². The van der Waals surface area contributed by atoms with Crippen molar-refractivity contribution >= 4 is 17.9 Å². The Morgan fingerprint density at radius 3 is 2.68 bits per heavy atom. The minimum Gasteiger partial charge on any atom is -0.380 e. The number of nitrogens with one attached hydrogen (secondary N) is 1. The summed E-state index contributed by atoms with van der Waals surface area (Å²) in [5.74, 6) is 0.903. The van der Waals surface area contributed by atoms with Crippen LogP contribution in [0.15, 0.2) is 10.6 Å². The molecule has 1 N–H and O–H groups in total. The van der Waals surface area contributed by atoms with Gasteiger partial charge in [0.2, 0.25) is 0 Å². The van der Waals surface area contributed by atoms with Crippen LogP contribution in [0.5, 0.6) is 0 Å². The molecule has 3 saturated heterocycles. The molecule has 120 valence electrons. The van der Waals surface area contributed by atoms with E-state index in [0.717, 1.165) is 18.6 Å². The normalized spacial score (nSPS) is 32.0. The lowest BCUT2D eigenvalue weighted by Gasteiger charge is -2.37. The third kappa shape index (κ3) is 2.55. The van der Waals surface area contributed by atoms with E-state index < -0.39 is 0 Å². The van der Waals surface area contributed by atoms with E-state index in [1.165, 1.54) is 12.8 Å². The van der Waals surface area contributed by atoms with E-state index in [-0.39, 0.29) is 17.9 Å². The fourth-order valence-corrected chi connectivity index (χ4v) is 4.78. The number of piperidine rings is 1. The van der Waals surface area contributed by atoms with Crippen molar-refractivity contribution in [3.05, 3.63) is 17.5 Å². The first kappa shape index (κ1) is 14.5. The van der Waals surface area contributed by atoms with Crippen LogP contribution in [0, 0.1) is 0 Å². The summed E-state index contributed by atoms with van der Waals surface area (Å²) in [5.41, 5.74) is 0.390. The molecule has 3 atom stereocenters. The van der Waals surface area contributed by atoms with Crippen LogP contribution in [0.25, 0.3) is 0 Å². The van der Waals surface area contributed by atoms with Gasteiger partial charge in [-0.3, -0.25) is 4.79 Å². The Morgan fingerprint density at radius 2 is 2.09 bits per heavy atom. The maximum atomic E-state index is 12.4. The molecular formula is C15H21N3O3S. The number of amides is 1. The lowest BCUT2D eigenvalue weighted by atomic mass is 9.99. The Labute approximate surface area is 134 Å². The van der Waals surface area contributed by atoms with Gasteiger partial charge < -0.3 is 14.6 Å². The van der Waals surface area contributed by atoms with Gasteiger partial charge in [0.15, 0.2) is 5.69 Å². The predicted octanol–water partition coefficient (Wildman–Crippen LogP) is 1.79. The Bertz CT molecular complexity index is 546. The van der Waals surface area contributed by atoms with Gasteiger partial charge in [-0.2, -0.15) is 0 Å². The Balaban J connectivity index is 1.37. The molecular weight excluding hydrogens is 302 g/mol. The van der Waals surface area contributed by atoms with Gasteiger partial charge in [-0.05, 0) is 31.9 Å². The molecule has 3 aliphatic heterocycles. The van der Waals surface area contributed by atoms with Crippen molar-refractivity contribution in [3.63, 3.8) is 0 Å². The highest BCUT2D eigenvalue weighted by atomic mass is 32.2. The highest BCUT2D eigenvalue weighted by Crippen LogP contribution is 2.39. The summed E-state index contributed by atoms with van der Waals surface area (Å²) >= 11 is 1.84. The molecule has 0 saturated carbocycles. The smallest absolute Gasteiger partial charge is 0.273 e. The molecule has 1 amide bonds. The van der Waals surface area contributed by atoms with Crippen molar-refractivity contribution in [2.24, 2.45) is 0 Å². The van der Waals surface area contributed by atoms with E-state index in [9.17, 15) is 4.79 Å². The van der Waals surface area contributed by atoms with Crippen LogP contribution in [0.4, 0.5) is 0 Å². The van der Waals surface area contributed by atoms with Crippen LogP contribution in [0.3, 0.4) is 0 Å². The molecule has 0 spiro atoms. The highest BCUT2D eigenvalue weighted by molar-refractivity contribution is 7.96. The lowest BCUT2D eigenvalue weighted by molar-refractivity contribution is -0.00228. The first-order valence-electron chi connectivity index (χ1n) is 7.92. The zero-order valence-corrected chi connectivity index (χ0v) is 13.5. The summed E-state index contributed by atoms with van der Waals surface area (Å²) in [5, 5.41) is 7.05. The zero-order valence-electron chi connectivity index (χ0n) is 12.7. The van der Waals surface area contributed by atoms with Crippen molar-refractivity contribution in [1.82, 2.24) is 14.8 Å². The molecule has 6 nitrogen and oxygen atoms in total. The zero-order chi connectivity index (χ0) is 15.1. The van der Waals surface area contributed by atoms with E-state index in [4.69, 9.17) is 9.26 Å². The number of hydrogen-bond donors (Lipinski definition) is 1. The minimum atomic E-state index is -0.114. The third-order valence-electron chi connectivity index (χ3n) is 5.01. The van der Waals surface area contributed by atoms with Gasteiger partial charge in [0.1, 0.15) is 5.76 Å². The van der Waals surface area contributed by atoms with Crippen LogP contribution >= 0.6 is 11.9 Å². The van der Waals surface area contributed by atoms with Crippen molar-refractivity contribution in [3.8, 4) is 0 Å². The molecule has 22 heavy (non-hydrogen) atoms. The van der Waals surface area contributed by atoms with Crippen LogP contribution in [0.2, 0.25) is 0 Å². The standard InChI is InChI=1S/C15H21N3O3S/c1-22-18-11-2-3-12(18)5-10(4-11)16-15(19)13-6-14(21-17-13)9-7-20-8-9/h6,9-12H,2-5,7-8H2,1H3,(H,16,19)/t10?,11-,12+. The first-order chi connectivity index (χ1) is 10.7. The van der Waals surface area contributed by atoms with E-state index in [1.54, 1.807) is 6.07 Å². The average molecular weight is 323 g/mol. The van der Waals surface area contributed by atoms with Crippen LogP contribution in [-0.2, 0) is 4.74 Å². The van der Waals surface area contributed by atoms with E-state index in [1.807, 2.05) is 11.9 Å². The number of rotatable bonds is 4. The molecule has 0 radical (unpaired) electrons. The van der Waals surface area contributed by atoms with Gasteiger partial charge in [-0.25, -0.2) is 4.31 Å². The Kier molecular flexibility index (Phi) is 3.88. The number of ether oxygens (including phenoxy) is 1. The van der Waals surface area contributed by atoms with E-state index >= 15 is 0 Å². The number of hydrogen-bond acceptors (Lipinski definition) is 6. The molecule has 1 aromatic heterocycles. The van der Waals surface area contributed by atoms with Crippen molar-refractivity contribution in [1.29, 1.82) is 0 Å². The maximum absolute atomic E-state index is 12.4. The molecule has 0 aliphatic carbocycles. The van der Waals surface area contributed by atoms with Crippen molar-refractivity contribution < 1.29 is 14.1 Å². The fraction of sp³-hybridized carbons (Fsp3) is 0.733. The summed E-state index contributed by atoms with van der Waals surface area (Å²) in [7, 11) is 0. The fourth-order valence-electron chi connectivity index (χ4n) is 3.80. The van der Waals surface area contributed by atoms with Gasteiger partial charge in [0, 0.05) is 24.2 Å². The maximum Gasteiger partial charge on any atom is 0.273 e. The number of carbonyl (C=O) groups excluding carboxylic acids is 1. The topological polar surface area (TPSA) is 67.6 Å². The summed E-state index contributed by atoms with van der Waals surface area (Å²) < 4.78 is 12.9. The third-order valence-corrected chi connectivity index (χ3v) is 6.03. The van der Waals surface area contributed by atoms with Crippen LogP contribution < -0.4 is 5.32 Å². The molecule has 3 fully saturated rings. The predicted molar refractivity (Wildman–Crippen MR) is 82.7 cm³/mol. The van der Waals surface area contributed by atoms with E-state index in [0.29, 0.717) is 31.0 Å². The van der Waals surface area contributed by atoms with Crippen molar-refractivity contribution in [2.45, 2.75) is 49.7 Å². The summed E-state index contributed by atoms with van der Waals surface area (Å²) in [6.07, 6.45) is 6.70. The largest absolute Gasteiger partial charge is 0.380 e. The van der Waals surface area contributed by atoms with Gasteiger partial charge >= 0.3 is 0 Å². The second-order valence-corrected chi connectivity index (χ2v) is 7.20. The molecule has 4 rings (SSSR count). The number of fused-ring (bicyclic) bond motifs is 2. The quantitative estimate of drug-likeness (QED) is 0.852. The highest BCUT2D eigenvalue weighted by Gasteiger charge is 2.41. The Morgan fingerprint density at radius 1 is 1.36 bits per heavy atom. The van der Waals surface area contributed by atoms with Gasteiger partial charge in [0.05, 0.1) is 19.1 Å². The second kappa shape index (κ2) is 5.86. The average Bonchev–Trinajstić information content (AvgIpc) is 3.00. The minimum absolute atomic E-state index is 0.114. The van der Waals surface area contributed by atoms with Crippen molar-refractivity contribution in [2.75, 3.05) is 19.5 Å². The number of carbonyl (C=O) groups is 1. The summed E-state index contributed by atoms with van der Waals surface area (Å²) in [6.45, 7) is 1.32. The molecule has 4 heterocycles.